The van der Waals surface area contributed by atoms with Crippen LogP contribution in [0.25, 0.3) is 0 Å². The number of nitrogens with two attached hydrogens (primary N) is 2. The van der Waals surface area contributed by atoms with Gasteiger partial charge in [0.2, 0.25) is 12.8 Å². The summed E-state index contributed by atoms with van der Waals surface area (Å²) in [5.41, 5.74) is 11.3. The highest BCUT2D eigenvalue weighted by molar-refractivity contribution is 7.94. The van der Waals surface area contributed by atoms with Gasteiger partial charge in [0, 0.05) is 25.1 Å². The summed E-state index contributed by atoms with van der Waals surface area (Å²) < 4.78 is 77.3. The first-order chi connectivity index (χ1) is 19.5. The lowest BCUT2D eigenvalue weighted by Crippen LogP contribution is -2.32. The van der Waals surface area contributed by atoms with E-state index in [2.05, 4.69) is 5.16 Å². The van der Waals surface area contributed by atoms with Crippen LogP contribution in [0.1, 0.15) is 18.9 Å². The average molecular weight is 607 g/mol. The van der Waals surface area contributed by atoms with Crippen molar-refractivity contribution >= 4 is 31.8 Å². The largest absolute Gasteiger partial charge is 0.493 e. The highest BCUT2D eigenvalue weighted by Gasteiger charge is 2.33. The van der Waals surface area contributed by atoms with E-state index in [4.69, 9.17) is 34.7 Å². The Kier molecular flexibility index (Phi) is 8.98. The van der Waals surface area contributed by atoms with Gasteiger partial charge in [-0.25, -0.2) is 8.42 Å². The molecule has 0 saturated carbocycles. The van der Waals surface area contributed by atoms with E-state index in [0.717, 1.165) is 4.31 Å². The summed E-state index contributed by atoms with van der Waals surface area (Å²) in [4.78, 5) is 3.94. The summed E-state index contributed by atoms with van der Waals surface area (Å²) in [5.74, 6) is 0.973. The first-order valence-electron chi connectivity index (χ1n) is 12.4. The Bertz CT molecular complexity index is 1640. The van der Waals surface area contributed by atoms with Crippen LogP contribution in [-0.4, -0.2) is 49.3 Å². The quantitative estimate of drug-likeness (QED) is 0.0959. The predicted molar refractivity (Wildman–Crippen MR) is 150 cm³/mol. The highest BCUT2D eigenvalue weighted by atomic mass is 32.2. The van der Waals surface area contributed by atoms with Crippen LogP contribution in [0.5, 0.6) is 23.0 Å². The molecule has 1 heterocycles. The van der Waals surface area contributed by atoms with E-state index in [1.807, 2.05) is 0 Å². The molecule has 0 saturated heterocycles. The lowest BCUT2D eigenvalue weighted by Gasteiger charge is -2.24. The lowest BCUT2D eigenvalue weighted by atomic mass is 10.2. The summed E-state index contributed by atoms with van der Waals surface area (Å²) in [7, 11) is -8.95. The number of hydrogen-bond donors (Lipinski definition) is 2. The predicted octanol–water partition coefficient (Wildman–Crippen LogP) is 2.68. The lowest BCUT2D eigenvalue weighted by molar-refractivity contribution is 0.127. The number of nitrogens with zero attached hydrogens (tertiary/aromatic N) is 2. The smallest absolute Gasteiger partial charge is 0.340 e. The number of anilines is 1. The third-order valence-electron chi connectivity index (χ3n) is 5.67. The van der Waals surface area contributed by atoms with Crippen LogP contribution in [0.3, 0.4) is 0 Å². The molecule has 0 radical (unpaired) electrons. The Balaban J connectivity index is 1.57. The zero-order valence-electron chi connectivity index (χ0n) is 22.3. The minimum Gasteiger partial charge on any atom is -0.493 e. The van der Waals surface area contributed by atoms with Gasteiger partial charge in [0.25, 0.3) is 10.0 Å². The molecule has 0 bridgehead atoms. The molecule has 0 atom stereocenters. The third-order valence-corrected chi connectivity index (χ3v) is 9.06. The van der Waals surface area contributed by atoms with Gasteiger partial charge >= 0.3 is 10.1 Å². The maximum absolute atomic E-state index is 13.8. The Morgan fingerprint density at radius 1 is 0.927 bits per heavy atom. The van der Waals surface area contributed by atoms with Gasteiger partial charge in [0.15, 0.2) is 11.5 Å². The Labute approximate surface area is 238 Å². The van der Waals surface area contributed by atoms with Crippen molar-refractivity contribution < 1.29 is 40.1 Å². The molecular formula is C26H30N4O9S2. The van der Waals surface area contributed by atoms with Gasteiger partial charge in [-0.3, -0.25) is 4.31 Å². The summed E-state index contributed by atoms with van der Waals surface area (Å²) in [5, 5.41) is 3.41. The van der Waals surface area contributed by atoms with Crippen LogP contribution in [0.15, 0.2) is 75.6 Å². The summed E-state index contributed by atoms with van der Waals surface area (Å²) >= 11 is 0. The van der Waals surface area contributed by atoms with Gasteiger partial charge in [-0.05, 0) is 61.0 Å². The first-order valence-corrected chi connectivity index (χ1v) is 15.3. The van der Waals surface area contributed by atoms with Gasteiger partial charge in [0.05, 0.1) is 12.3 Å². The van der Waals surface area contributed by atoms with Crippen LogP contribution in [0.2, 0.25) is 0 Å². The number of oxime groups is 1. The average Bonchev–Trinajstić information content (AvgIpc) is 3.38. The van der Waals surface area contributed by atoms with Gasteiger partial charge in [-0.2, -0.15) is 8.42 Å². The molecule has 1 aliphatic rings. The molecule has 13 nitrogen and oxygen atoms in total. The fourth-order valence-electron chi connectivity index (χ4n) is 3.97. The van der Waals surface area contributed by atoms with Crippen molar-refractivity contribution in [2.24, 2.45) is 16.6 Å². The van der Waals surface area contributed by atoms with E-state index < -0.39 is 29.9 Å². The molecule has 0 fully saturated rings. The van der Waals surface area contributed by atoms with Gasteiger partial charge in [-0.15, -0.1) is 0 Å². The summed E-state index contributed by atoms with van der Waals surface area (Å²) in [6, 6.07) is 14.5. The third kappa shape index (κ3) is 7.05. The molecule has 0 aliphatic carbocycles. The van der Waals surface area contributed by atoms with Crippen LogP contribution in [0.4, 0.5) is 5.69 Å². The maximum atomic E-state index is 13.8. The van der Waals surface area contributed by atoms with Gasteiger partial charge < -0.3 is 34.7 Å². The Morgan fingerprint density at radius 3 is 2.37 bits per heavy atom. The van der Waals surface area contributed by atoms with E-state index in [1.165, 1.54) is 42.5 Å². The van der Waals surface area contributed by atoms with Gasteiger partial charge in [0.1, 0.15) is 27.9 Å². The zero-order chi connectivity index (χ0) is 29.6. The van der Waals surface area contributed by atoms with E-state index >= 15 is 0 Å². The molecule has 3 aromatic carbocycles. The van der Waals surface area contributed by atoms with Crippen LogP contribution in [0, 0.1) is 6.92 Å². The fourth-order valence-corrected chi connectivity index (χ4v) is 7.13. The molecule has 4 N–H and O–H groups in total. The Hall–Kier alpha value is -4.37. The first kappa shape index (κ1) is 29.6. The van der Waals surface area contributed by atoms with E-state index in [-0.39, 0.29) is 43.9 Å². The number of sulfonamides is 1. The number of hydrogen-bond acceptors (Lipinski definition) is 10. The zero-order valence-corrected chi connectivity index (χ0v) is 24.0. The number of guanidine groups is 1. The standard InChI is InChI=1S/C26H30N4O9S2/c1-3-30(19-9-10-22-23(15-19)37-17-36-22)40(31,32)24-7-4-5-8-25(24)41(33,34)39-21-14-18(2)13-20(16-21)35-11-6-12-38-29-26(27)28/h4-5,7-10,13-16H,3,6,11-12,17H2,1-2H3,(H4,27,28,29). The highest BCUT2D eigenvalue weighted by Crippen LogP contribution is 2.38. The molecule has 0 spiro atoms. The van der Waals surface area contributed by atoms with Crippen molar-refractivity contribution in [3.8, 4) is 23.0 Å². The number of fused-ring (bicyclic) bond motifs is 1. The molecule has 15 heteroatoms. The fraction of sp³-hybridized carbons (Fsp3) is 0.269. The van der Waals surface area contributed by atoms with Crippen LogP contribution in [-0.2, 0) is 25.0 Å². The second kappa shape index (κ2) is 12.4. The number of rotatable bonds is 13. The molecule has 4 rings (SSSR count). The Morgan fingerprint density at radius 2 is 1.63 bits per heavy atom. The van der Waals surface area contributed by atoms with E-state index in [1.54, 1.807) is 32.0 Å². The maximum Gasteiger partial charge on any atom is 0.340 e. The van der Waals surface area contributed by atoms with Crippen LogP contribution < -0.4 is 34.2 Å². The monoisotopic (exact) mass is 606 g/mol. The van der Waals surface area contributed by atoms with Crippen molar-refractivity contribution in [1.29, 1.82) is 0 Å². The van der Waals surface area contributed by atoms with Gasteiger partial charge in [-0.1, -0.05) is 12.1 Å². The SMILES string of the molecule is CCN(c1ccc2c(c1)OCO2)S(=O)(=O)c1ccccc1S(=O)(=O)Oc1cc(C)cc(OCCCON=C(N)N)c1. The van der Waals surface area contributed by atoms with Crippen molar-refractivity contribution in [2.45, 2.75) is 30.1 Å². The minimum atomic E-state index is -4.60. The van der Waals surface area contributed by atoms with E-state index in [9.17, 15) is 16.8 Å². The molecule has 0 amide bonds. The number of aryl methyl sites for hydroxylation is 1. The molecule has 41 heavy (non-hydrogen) atoms. The van der Waals surface area contributed by atoms with Crippen molar-refractivity contribution in [3.63, 3.8) is 0 Å². The molecule has 1 aliphatic heterocycles. The summed E-state index contributed by atoms with van der Waals surface area (Å²) in [6.45, 7) is 3.84. The molecule has 0 unspecified atom stereocenters. The topological polar surface area (TPSA) is 182 Å². The second-order valence-corrected chi connectivity index (χ2v) is 12.1. The molecular weight excluding hydrogens is 576 g/mol. The molecule has 3 aromatic rings. The minimum absolute atomic E-state index is 0.0206. The molecule has 0 aromatic heterocycles. The number of benzene rings is 3. The van der Waals surface area contributed by atoms with E-state index in [0.29, 0.717) is 29.2 Å². The molecule has 220 valence electrons. The number of ether oxygens (including phenoxy) is 3. The van der Waals surface area contributed by atoms with Crippen molar-refractivity contribution in [1.82, 2.24) is 0 Å². The second-order valence-electron chi connectivity index (χ2n) is 8.72. The van der Waals surface area contributed by atoms with Crippen LogP contribution >= 0.6 is 0 Å². The summed E-state index contributed by atoms with van der Waals surface area (Å²) in [6.07, 6.45) is 0.446. The van der Waals surface area contributed by atoms with Crippen molar-refractivity contribution in [2.75, 3.05) is 30.9 Å². The van der Waals surface area contributed by atoms with Crippen molar-refractivity contribution in [3.05, 3.63) is 66.2 Å². The normalized spacial score (nSPS) is 12.4.